The van der Waals surface area contributed by atoms with Crippen LogP contribution in [0.25, 0.3) is 11.2 Å². The highest BCUT2D eigenvalue weighted by molar-refractivity contribution is 5.71. The Morgan fingerprint density at radius 3 is 2.70 bits per heavy atom. The minimum atomic E-state index is -0.461. The van der Waals surface area contributed by atoms with Crippen molar-refractivity contribution in [3.63, 3.8) is 0 Å². The van der Waals surface area contributed by atoms with Gasteiger partial charge in [0.25, 0.3) is 0 Å². The van der Waals surface area contributed by atoms with Crippen LogP contribution in [0.15, 0.2) is 12.5 Å². The van der Waals surface area contributed by atoms with E-state index >= 15 is 0 Å². The Kier molecular flexibility index (Phi) is 5.09. The number of ether oxygens (including phenoxy) is 2. The number of esters is 2. The summed E-state index contributed by atoms with van der Waals surface area (Å²) in [7, 11) is 0. The van der Waals surface area contributed by atoms with Crippen LogP contribution in [0.2, 0.25) is 0 Å². The van der Waals surface area contributed by atoms with Crippen molar-refractivity contribution in [3.8, 4) is 0 Å². The van der Waals surface area contributed by atoms with Gasteiger partial charge in [0, 0.05) is 20.3 Å². The van der Waals surface area contributed by atoms with E-state index in [1.165, 1.54) is 20.0 Å². The smallest absolute Gasteiger partial charge is 0.302 e. The summed E-state index contributed by atoms with van der Waals surface area (Å²) in [5.74, 6) is -0.641. The fraction of sp³-hybridized carbons (Fsp3) is 0.500. The largest absolute Gasteiger partial charge is 0.466 e. The second kappa shape index (κ2) is 7.03. The van der Waals surface area contributed by atoms with Gasteiger partial charge >= 0.3 is 11.9 Å². The summed E-state index contributed by atoms with van der Waals surface area (Å²) >= 11 is 0. The molecule has 0 aliphatic rings. The molecule has 2 aromatic heterocycles. The van der Waals surface area contributed by atoms with Crippen LogP contribution in [-0.2, 0) is 19.1 Å². The van der Waals surface area contributed by atoms with E-state index in [-0.39, 0.29) is 24.6 Å². The Morgan fingerprint density at radius 2 is 2.04 bits per heavy atom. The van der Waals surface area contributed by atoms with Gasteiger partial charge in [0.2, 0.25) is 5.95 Å². The van der Waals surface area contributed by atoms with Gasteiger partial charge in [-0.25, -0.2) is 9.97 Å². The van der Waals surface area contributed by atoms with Crippen molar-refractivity contribution < 1.29 is 19.1 Å². The third-order valence-corrected chi connectivity index (χ3v) is 3.30. The van der Waals surface area contributed by atoms with Crippen LogP contribution < -0.4 is 5.73 Å². The quantitative estimate of drug-likeness (QED) is 0.777. The van der Waals surface area contributed by atoms with Crippen molar-refractivity contribution in [1.82, 2.24) is 19.5 Å². The molecule has 2 rings (SSSR count). The van der Waals surface area contributed by atoms with E-state index < -0.39 is 12.1 Å². The first-order valence-corrected chi connectivity index (χ1v) is 7.14. The molecular weight excluding hydrogens is 302 g/mol. The van der Waals surface area contributed by atoms with Crippen LogP contribution in [0.5, 0.6) is 0 Å². The van der Waals surface area contributed by atoms with Gasteiger partial charge in [-0.05, 0) is 6.92 Å². The van der Waals surface area contributed by atoms with Crippen molar-refractivity contribution in [2.24, 2.45) is 0 Å². The van der Waals surface area contributed by atoms with Gasteiger partial charge in [-0.3, -0.25) is 9.59 Å². The number of hydrogen-bond donors (Lipinski definition) is 1. The maximum absolute atomic E-state index is 11.2. The SMILES string of the molecule is CC(=O)OCCC(C(C)OC(C)=O)n1cnc2cnc(N)nc21. The third-order valence-electron chi connectivity index (χ3n) is 3.30. The van der Waals surface area contributed by atoms with E-state index in [1.807, 2.05) is 0 Å². The fourth-order valence-corrected chi connectivity index (χ4v) is 2.35. The van der Waals surface area contributed by atoms with Crippen molar-refractivity contribution in [1.29, 1.82) is 0 Å². The maximum atomic E-state index is 11.2. The Balaban J connectivity index is 2.31. The molecule has 2 heterocycles. The van der Waals surface area contributed by atoms with Crippen LogP contribution in [0.1, 0.15) is 33.2 Å². The van der Waals surface area contributed by atoms with Crippen molar-refractivity contribution >= 4 is 29.1 Å². The fourth-order valence-electron chi connectivity index (χ4n) is 2.35. The summed E-state index contributed by atoms with van der Waals surface area (Å²) in [5.41, 5.74) is 6.74. The average Bonchev–Trinajstić information content (AvgIpc) is 2.85. The highest BCUT2D eigenvalue weighted by Crippen LogP contribution is 2.24. The molecule has 2 unspecified atom stereocenters. The number of nitrogens with two attached hydrogens (primary N) is 1. The normalized spacial score (nSPS) is 13.5. The second-order valence-corrected chi connectivity index (χ2v) is 5.10. The molecule has 0 spiro atoms. The molecule has 124 valence electrons. The number of nitrogens with zero attached hydrogens (tertiary/aromatic N) is 4. The standard InChI is InChI=1S/C14H19N5O4/c1-8(23-10(3)21)12(4-5-22-9(2)20)19-7-17-11-6-16-14(15)18-13(11)19/h6-8,12H,4-5H2,1-3H3,(H2,15,16,18). The number of anilines is 1. The number of rotatable bonds is 6. The summed E-state index contributed by atoms with van der Waals surface area (Å²) in [5, 5.41) is 0. The van der Waals surface area contributed by atoms with Crippen LogP contribution in [-0.4, -0.2) is 44.2 Å². The molecule has 0 bridgehead atoms. The first-order valence-electron chi connectivity index (χ1n) is 7.14. The zero-order valence-electron chi connectivity index (χ0n) is 13.2. The molecule has 9 nitrogen and oxygen atoms in total. The summed E-state index contributed by atoms with van der Waals surface area (Å²) in [4.78, 5) is 34.5. The van der Waals surface area contributed by atoms with Crippen LogP contribution >= 0.6 is 0 Å². The van der Waals surface area contributed by atoms with Gasteiger partial charge in [-0.2, -0.15) is 4.98 Å². The minimum absolute atomic E-state index is 0.123. The Morgan fingerprint density at radius 1 is 1.30 bits per heavy atom. The monoisotopic (exact) mass is 321 g/mol. The van der Waals surface area contributed by atoms with E-state index in [9.17, 15) is 9.59 Å². The average molecular weight is 321 g/mol. The van der Waals surface area contributed by atoms with E-state index in [4.69, 9.17) is 15.2 Å². The lowest BCUT2D eigenvalue weighted by molar-refractivity contribution is -0.149. The molecule has 23 heavy (non-hydrogen) atoms. The number of imidazole rings is 1. The molecule has 9 heteroatoms. The molecule has 2 atom stereocenters. The zero-order chi connectivity index (χ0) is 17.0. The lowest BCUT2D eigenvalue weighted by Crippen LogP contribution is -2.27. The predicted molar refractivity (Wildman–Crippen MR) is 81.3 cm³/mol. The number of aromatic nitrogens is 4. The molecule has 0 aromatic carbocycles. The van der Waals surface area contributed by atoms with Crippen LogP contribution in [0.4, 0.5) is 5.95 Å². The second-order valence-electron chi connectivity index (χ2n) is 5.10. The molecular formula is C14H19N5O4. The van der Waals surface area contributed by atoms with Gasteiger partial charge in [0.1, 0.15) is 11.6 Å². The number of carbonyl (C=O) groups is 2. The van der Waals surface area contributed by atoms with Crippen molar-refractivity contribution in [3.05, 3.63) is 12.5 Å². The van der Waals surface area contributed by atoms with Crippen molar-refractivity contribution in [2.45, 2.75) is 39.3 Å². The first kappa shape index (κ1) is 16.7. The number of carbonyl (C=O) groups excluding carboxylic acids is 2. The molecule has 0 amide bonds. The lowest BCUT2D eigenvalue weighted by atomic mass is 10.1. The summed E-state index contributed by atoms with van der Waals surface area (Å²) < 4.78 is 12.0. The molecule has 0 saturated carbocycles. The highest BCUT2D eigenvalue weighted by Gasteiger charge is 2.24. The third kappa shape index (κ3) is 4.15. The Hall–Kier alpha value is -2.71. The van der Waals surface area contributed by atoms with Gasteiger partial charge in [0.05, 0.1) is 25.2 Å². The molecule has 0 aliphatic heterocycles. The summed E-state index contributed by atoms with van der Waals surface area (Å²) in [6, 6.07) is -0.308. The lowest BCUT2D eigenvalue weighted by Gasteiger charge is -2.25. The number of nitrogen functional groups attached to an aromatic ring is 1. The highest BCUT2D eigenvalue weighted by atomic mass is 16.5. The van der Waals surface area contributed by atoms with Crippen molar-refractivity contribution in [2.75, 3.05) is 12.3 Å². The van der Waals surface area contributed by atoms with Crippen LogP contribution in [0, 0.1) is 0 Å². The summed E-state index contributed by atoms with van der Waals surface area (Å²) in [6.45, 7) is 4.62. The molecule has 0 saturated heterocycles. The molecule has 2 aromatic rings. The molecule has 0 fully saturated rings. The van der Waals surface area contributed by atoms with Gasteiger partial charge in [-0.1, -0.05) is 0 Å². The molecule has 0 radical (unpaired) electrons. The van der Waals surface area contributed by atoms with E-state index in [0.717, 1.165) is 0 Å². The number of fused-ring (bicyclic) bond motifs is 1. The molecule has 0 aliphatic carbocycles. The van der Waals surface area contributed by atoms with E-state index in [2.05, 4.69) is 15.0 Å². The van der Waals surface area contributed by atoms with Gasteiger partial charge in [0.15, 0.2) is 5.65 Å². The summed E-state index contributed by atoms with van der Waals surface area (Å²) in [6.07, 6.45) is 3.07. The molecule has 2 N–H and O–H groups in total. The maximum Gasteiger partial charge on any atom is 0.302 e. The first-order chi connectivity index (χ1) is 10.9. The van der Waals surface area contributed by atoms with E-state index in [0.29, 0.717) is 17.6 Å². The minimum Gasteiger partial charge on any atom is -0.466 e. The number of hydrogen-bond acceptors (Lipinski definition) is 8. The predicted octanol–water partition coefficient (Wildman–Crippen LogP) is 0.854. The topological polar surface area (TPSA) is 122 Å². The van der Waals surface area contributed by atoms with E-state index in [1.54, 1.807) is 17.8 Å². The van der Waals surface area contributed by atoms with Crippen LogP contribution in [0.3, 0.4) is 0 Å². The van der Waals surface area contributed by atoms with Gasteiger partial charge in [-0.15, -0.1) is 0 Å². The van der Waals surface area contributed by atoms with Gasteiger partial charge < -0.3 is 19.8 Å². The Bertz CT molecular complexity index is 714. The zero-order valence-corrected chi connectivity index (χ0v) is 13.2. The Labute approximate surface area is 132 Å².